The second kappa shape index (κ2) is 5.21. The van der Waals surface area contributed by atoms with Gasteiger partial charge in [0.25, 0.3) is 0 Å². The number of halogens is 2. The summed E-state index contributed by atoms with van der Waals surface area (Å²) in [6.07, 6.45) is 0.193. The number of ether oxygens (including phenoxy) is 2. The zero-order chi connectivity index (χ0) is 14.1. The molecule has 1 saturated heterocycles. The summed E-state index contributed by atoms with van der Waals surface area (Å²) in [5.41, 5.74) is 1.18. The predicted molar refractivity (Wildman–Crippen MR) is 71.8 cm³/mol. The van der Waals surface area contributed by atoms with Crippen molar-refractivity contribution in [1.82, 2.24) is 0 Å². The number of hydrogen-bond acceptors (Lipinski definition) is 2. The minimum Gasteiger partial charge on any atom is -0.491 e. The highest BCUT2D eigenvalue weighted by molar-refractivity contribution is 5.65. The van der Waals surface area contributed by atoms with Gasteiger partial charge in [0.05, 0.1) is 6.61 Å². The molecule has 0 amide bonds. The highest BCUT2D eigenvalue weighted by atomic mass is 19.2. The number of aryl methyl sites for hydroxylation is 1. The largest absolute Gasteiger partial charge is 0.491 e. The molecule has 1 unspecified atom stereocenters. The molecule has 2 aromatic carbocycles. The van der Waals surface area contributed by atoms with E-state index in [1.165, 1.54) is 0 Å². The van der Waals surface area contributed by atoms with Gasteiger partial charge in [-0.2, -0.15) is 0 Å². The van der Waals surface area contributed by atoms with Crippen molar-refractivity contribution >= 4 is 0 Å². The molecule has 4 heteroatoms. The van der Waals surface area contributed by atoms with Gasteiger partial charge in [0.2, 0.25) is 0 Å². The first-order chi connectivity index (χ1) is 9.65. The normalized spacial score (nSPS) is 17.1. The summed E-state index contributed by atoms with van der Waals surface area (Å²) < 4.78 is 38.0. The molecule has 2 nitrogen and oxygen atoms in total. The summed E-state index contributed by atoms with van der Waals surface area (Å²) in [4.78, 5) is 0. The van der Waals surface area contributed by atoms with Crippen molar-refractivity contribution in [3.63, 3.8) is 0 Å². The van der Waals surface area contributed by atoms with Crippen LogP contribution in [0.4, 0.5) is 8.78 Å². The third-order valence-corrected chi connectivity index (χ3v) is 3.28. The van der Waals surface area contributed by atoms with Crippen LogP contribution >= 0.6 is 0 Å². The summed E-state index contributed by atoms with van der Waals surface area (Å²) in [7, 11) is 0. The highest BCUT2D eigenvalue weighted by Gasteiger charge is 2.23. The van der Waals surface area contributed by atoms with Crippen LogP contribution in [-0.2, 0) is 4.74 Å². The van der Waals surface area contributed by atoms with Crippen molar-refractivity contribution in [3.8, 4) is 16.9 Å². The standard InChI is InChI=1S/C16H14F2O2/c1-10-2-7-14(16(18)15(10)17)11-3-5-12(6-4-11)19-8-13-9-20-13/h2-7,13H,8-9H2,1H3. The summed E-state index contributed by atoms with van der Waals surface area (Å²) in [6.45, 7) is 2.80. The van der Waals surface area contributed by atoms with Crippen LogP contribution in [0.1, 0.15) is 5.56 Å². The van der Waals surface area contributed by atoms with Crippen LogP contribution < -0.4 is 4.74 Å². The van der Waals surface area contributed by atoms with Gasteiger partial charge >= 0.3 is 0 Å². The van der Waals surface area contributed by atoms with E-state index in [-0.39, 0.29) is 11.7 Å². The molecule has 3 rings (SSSR count). The van der Waals surface area contributed by atoms with Crippen LogP contribution in [0, 0.1) is 18.6 Å². The Balaban J connectivity index is 1.81. The number of benzene rings is 2. The molecule has 0 saturated carbocycles. The Morgan fingerprint density at radius 3 is 2.45 bits per heavy atom. The van der Waals surface area contributed by atoms with Crippen molar-refractivity contribution in [3.05, 3.63) is 53.6 Å². The van der Waals surface area contributed by atoms with Gasteiger partial charge in [-0.15, -0.1) is 0 Å². The first-order valence-electron chi connectivity index (χ1n) is 6.44. The maximum atomic E-state index is 13.9. The molecule has 1 aliphatic rings. The second-order valence-electron chi connectivity index (χ2n) is 4.85. The van der Waals surface area contributed by atoms with E-state index in [9.17, 15) is 8.78 Å². The molecule has 0 bridgehead atoms. The van der Waals surface area contributed by atoms with E-state index < -0.39 is 11.6 Å². The predicted octanol–water partition coefficient (Wildman–Crippen LogP) is 3.72. The molecule has 0 radical (unpaired) electrons. The Hall–Kier alpha value is -1.94. The molecule has 0 spiro atoms. The first-order valence-corrected chi connectivity index (χ1v) is 6.44. The summed E-state index contributed by atoms with van der Waals surface area (Å²) >= 11 is 0. The van der Waals surface area contributed by atoms with Gasteiger partial charge in [0, 0.05) is 5.56 Å². The Labute approximate surface area is 116 Å². The van der Waals surface area contributed by atoms with Gasteiger partial charge in [-0.3, -0.25) is 0 Å². The van der Waals surface area contributed by atoms with Crippen molar-refractivity contribution in [2.45, 2.75) is 13.0 Å². The van der Waals surface area contributed by atoms with Crippen LogP contribution in [0.5, 0.6) is 5.75 Å². The number of rotatable bonds is 4. The molecule has 0 aromatic heterocycles. The molecule has 1 atom stereocenters. The van der Waals surface area contributed by atoms with E-state index in [1.807, 2.05) is 0 Å². The SMILES string of the molecule is Cc1ccc(-c2ccc(OCC3CO3)cc2)c(F)c1F. The molecule has 0 N–H and O–H groups in total. The molecule has 2 aromatic rings. The molecular formula is C16H14F2O2. The minimum absolute atomic E-state index is 0.193. The summed E-state index contributed by atoms with van der Waals surface area (Å²) in [5, 5.41) is 0. The fourth-order valence-electron chi connectivity index (χ4n) is 1.95. The van der Waals surface area contributed by atoms with E-state index in [2.05, 4.69) is 0 Å². The Morgan fingerprint density at radius 1 is 1.10 bits per heavy atom. The molecule has 20 heavy (non-hydrogen) atoms. The van der Waals surface area contributed by atoms with E-state index in [0.717, 1.165) is 6.61 Å². The third-order valence-electron chi connectivity index (χ3n) is 3.28. The van der Waals surface area contributed by atoms with Gasteiger partial charge in [0.1, 0.15) is 18.5 Å². The second-order valence-corrected chi connectivity index (χ2v) is 4.85. The zero-order valence-electron chi connectivity index (χ0n) is 11.0. The number of epoxide rings is 1. The van der Waals surface area contributed by atoms with Crippen molar-refractivity contribution in [2.75, 3.05) is 13.2 Å². The van der Waals surface area contributed by atoms with Crippen LogP contribution in [0.25, 0.3) is 11.1 Å². The fraction of sp³-hybridized carbons (Fsp3) is 0.250. The molecule has 1 heterocycles. The Morgan fingerprint density at radius 2 is 1.80 bits per heavy atom. The lowest BCUT2D eigenvalue weighted by Gasteiger charge is -2.08. The zero-order valence-corrected chi connectivity index (χ0v) is 11.0. The lowest BCUT2D eigenvalue weighted by atomic mass is 10.0. The first kappa shape index (κ1) is 13.1. The number of hydrogen-bond donors (Lipinski definition) is 0. The van der Waals surface area contributed by atoms with Crippen molar-refractivity contribution in [1.29, 1.82) is 0 Å². The quantitative estimate of drug-likeness (QED) is 0.794. The Kier molecular flexibility index (Phi) is 3.40. The maximum Gasteiger partial charge on any atom is 0.166 e. The van der Waals surface area contributed by atoms with Gasteiger partial charge in [0.15, 0.2) is 11.6 Å². The lowest BCUT2D eigenvalue weighted by molar-refractivity contribution is 0.263. The molecule has 104 valence electrons. The average molecular weight is 276 g/mol. The summed E-state index contributed by atoms with van der Waals surface area (Å²) in [5.74, 6) is -0.920. The smallest absolute Gasteiger partial charge is 0.166 e. The lowest BCUT2D eigenvalue weighted by Crippen LogP contribution is -2.03. The topological polar surface area (TPSA) is 21.8 Å². The van der Waals surface area contributed by atoms with Gasteiger partial charge in [-0.25, -0.2) is 8.78 Å². The van der Waals surface area contributed by atoms with E-state index >= 15 is 0 Å². The monoisotopic (exact) mass is 276 g/mol. The average Bonchev–Trinajstić information content (AvgIpc) is 3.28. The van der Waals surface area contributed by atoms with E-state index in [4.69, 9.17) is 9.47 Å². The van der Waals surface area contributed by atoms with Gasteiger partial charge in [-0.1, -0.05) is 24.3 Å². The van der Waals surface area contributed by atoms with E-state index in [1.54, 1.807) is 43.3 Å². The van der Waals surface area contributed by atoms with Crippen molar-refractivity contribution in [2.24, 2.45) is 0 Å². The van der Waals surface area contributed by atoms with Crippen LogP contribution in [0.2, 0.25) is 0 Å². The van der Waals surface area contributed by atoms with E-state index in [0.29, 0.717) is 23.5 Å². The molecular weight excluding hydrogens is 262 g/mol. The van der Waals surface area contributed by atoms with Crippen LogP contribution in [-0.4, -0.2) is 19.3 Å². The maximum absolute atomic E-state index is 13.9. The van der Waals surface area contributed by atoms with Crippen molar-refractivity contribution < 1.29 is 18.3 Å². The summed E-state index contributed by atoms with van der Waals surface area (Å²) in [6, 6.07) is 10.1. The van der Waals surface area contributed by atoms with Crippen LogP contribution in [0.15, 0.2) is 36.4 Å². The van der Waals surface area contributed by atoms with Crippen LogP contribution in [0.3, 0.4) is 0 Å². The fourth-order valence-corrected chi connectivity index (χ4v) is 1.95. The molecule has 0 aliphatic carbocycles. The minimum atomic E-state index is -0.815. The molecule has 1 aliphatic heterocycles. The Bertz CT molecular complexity index is 619. The highest BCUT2D eigenvalue weighted by Crippen LogP contribution is 2.28. The van der Waals surface area contributed by atoms with Gasteiger partial charge < -0.3 is 9.47 Å². The van der Waals surface area contributed by atoms with Gasteiger partial charge in [-0.05, 0) is 30.2 Å². The molecule has 1 fully saturated rings. The third kappa shape index (κ3) is 2.65.